The van der Waals surface area contributed by atoms with E-state index in [1.165, 1.54) is 58.8 Å². The second-order valence-corrected chi connectivity index (χ2v) is 48.1. The quantitative estimate of drug-likeness (QED) is 0.00162. The summed E-state index contributed by atoms with van der Waals surface area (Å²) in [6, 6.07) is 24.5. The van der Waals surface area contributed by atoms with Gasteiger partial charge in [0.15, 0.2) is 53.0 Å². The van der Waals surface area contributed by atoms with Crippen molar-refractivity contribution in [1.82, 2.24) is 29.6 Å². The molecule has 5 heterocycles. The van der Waals surface area contributed by atoms with Crippen LogP contribution in [0.3, 0.4) is 0 Å². The molecule has 2 aromatic heterocycles. The van der Waals surface area contributed by atoms with Crippen molar-refractivity contribution in [3.05, 3.63) is 154 Å². The van der Waals surface area contributed by atoms with E-state index in [2.05, 4.69) is 49.3 Å². The first-order valence-electron chi connectivity index (χ1n) is 46.3. The number of halogens is 4. The van der Waals surface area contributed by atoms with Gasteiger partial charge in [-0.15, -0.1) is 10.1 Å². The Morgan fingerprint density at radius 3 is 1.51 bits per heavy atom. The van der Waals surface area contributed by atoms with Gasteiger partial charge in [-0.1, -0.05) is 85.7 Å². The number of aryl methyl sites for hydroxylation is 1. The number of hydrogen-bond acceptors (Lipinski definition) is 35. The number of phosphoric acid groups is 3. The first-order chi connectivity index (χ1) is 67.6. The number of ketones is 4. The highest BCUT2D eigenvalue weighted by molar-refractivity contribution is 8.00. The number of imide groups is 2. The maximum absolute atomic E-state index is 13.5. The lowest BCUT2D eigenvalue weighted by Gasteiger charge is -2.30. The minimum Gasteiger partial charge on any atom is -0.488 e. The van der Waals surface area contributed by atoms with Crippen molar-refractivity contribution < 1.29 is 170 Å². The Morgan fingerprint density at radius 1 is 0.581 bits per heavy atom. The number of benzene rings is 5. The summed E-state index contributed by atoms with van der Waals surface area (Å²) in [6.07, 6.45) is -3.40. The van der Waals surface area contributed by atoms with Crippen LogP contribution in [-0.4, -0.2) is 195 Å². The van der Waals surface area contributed by atoms with Crippen LogP contribution in [0, 0.1) is 58.8 Å². The Labute approximate surface area is 861 Å². The Bertz CT molecular complexity index is 5960. The van der Waals surface area contributed by atoms with Gasteiger partial charge in [0.05, 0.1) is 42.5 Å². The number of Topliss-reactive ketones (excluding diaryl/α,β-unsaturated/α-hetero) is 3. The summed E-state index contributed by atoms with van der Waals surface area (Å²) in [5, 5.41) is 22.6. The van der Waals surface area contributed by atoms with Crippen molar-refractivity contribution in [3.63, 3.8) is 0 Å². The predicted molar refractivity (Wildman–Crippen MR) is 538 cm³/mol. The normalized spacial score (nSPS) is 16.6. The van der Waals surface area contributed by atoms with Crippen LogP contribution in [0.15, 0.2) is 97.6 Å². The number of imidazole rings is 1. The van der Waals surface area contributed by atoms with E-state index in [4.69, 9.17) is 54.9 Å². The lowest BCUT2D eigenvalue weighted by atomic mass is 9.84. The van der Waals surface area contributed by atoms with Gasteiger partial charge in [0, 0.05) is 118 Å². The summed E-state index contributed by atoms with van der Waals surface area (Å²) in [7, 11) is -16.2. The number of ether oxygens (including phenoxy) is 5. The lowest BCUT2D eigenvalue weighted by molar-refractivity contribution is -0.203. The first-order valence-corrected chi connectivity index (χ1v) is 51.8. The highest BCUT2D eigenvalue weighted by Crippen LogP contribution is 2.61. The number of carbonyl (C=O) groups excluding carboxylic acids is 12. The van der Waals surface area contributed by atoms with Crippen molar-refractivity contribution in [2.45, 2.75) is 296 Å². The number of fused-ring (bicyclic) bond motifs is 1. The second kappa shape index (κ2) is 54.0. The minimum atomic E-state index is -5.51. The number of aliphatic hydroxyl groups excluding tert-OH is 2. The number of aliphatic hydroxyl groups is 2. The number of rotatable bonds is 32. The number of hydrogen-bond donors (Lipinski definition) is 9. The molecule has 12 N–H and O–H groups in total. The molecule has 41 nitrogen and oxygen atoms in total. The number of nitrogens with zero attached hydrogens (tertiary/aromatic N) is 6. The van der Waals surface area contributed by atoms with Crippen LogP contribution < -0.4 is 36.1 Å². The molecule has 0 aliphatic carbocycles. The second-order valence-electron chi connectivity index (χ2n) is 41.9. The Balaban J connectivity index is 0.000000392. The number of hydroxylamine groups is 4. The van der Waals surface area contributed by atoms with E-state index >= 15 is 0 Å². The van der Waals surface area contributed by atoms with Crippen LogP contribution in [0.4, 0.5) is 34.6 Å². The van der Waals surface area contributed by atoms with Crippen LogP contribution in [-0.2, 0) is 89.1 Å². The van der Waals surface area contributed by atoms with E-state index in [1.807, 2.05) is 101 Å². The van der Waals surface area contributed by atoms with E-state index in [0.717, 1.165) is 19.0 Å². The van der Waals surface area contributed by atoms with Gasteiger partial charge in [0.2, 0.25) is 11.6 Å². The summed E-state index contributed by atoms with van der Waals surface area (Å²) < 4.78 is 137. The molecule has 7 atom stereocenters. The zero-order valence-electron chi connectivity index (χ0n) is 87.9. The molecular weight excluding hydrogens is 2030 g/mol. The molecule has 3 saturated heterocycles. The molecule has 0 bridgehead atoms. The molecule has 0 radical (unpaired) electrons. The summed E-state index contributed by atoms with van der Waals surface area (Å²) in [5.41, 5.74) is 16.8. The molecule has 0 spiro atoms. The molecule has 4 amide bonds. The number of phosphoric ester groups is 3. The van der Waals surface area contributed by atoms with Gasteiger partial charge in [-0.3, -0.25) is 66.1 Å². The van der Waals surface area contributed by atoms with Gasteiger partial charge in [0.25, 0.3) is 23.6 Å². The predicted octanol–water partition coefficient (Wildman–Crippen LogP) is 16.9. The van der Waals surface area contributed by atoms with Gasteiger partial charge in [-0.2, -0.15) is 20.5 Å². The number of nitrogen functional groups attached to an aromatic ring is 3. The molecule has 3 aliphatic heterocycles. The Kier molecular flexibility index (Phi) is 47.1. The topological polar surface area (TPSA) is 607 Å². The molecule has 10 rings (SSSR count). The number of carbonyl (C=O) groups is 12. The minimum absolute atomic E-state index is 0.00861. The third-order valence-corrected chi connectivity index (χ3v) is 24.2. The van der Waals surface area contributed by atoms with Gasteiger partial charge in [-0.25, -0.2) is 51.4 Å². The maximum Gasteiger partial charge on any atom is 0.481 e. The smallest absolute Gasteiger partial charge is 0.481 e. The summed E-state index contributed by atoms with van der Waals surface area (Å²) in [4.78, 5) is 198. The fourth-order valence-electron chi connectivity index (χ4n) is 12.4. The largest absolute Gasteiger partial charge is 0.488 e. The molecule has 3 aliphatic rings. The third-order valence-electron chi connectivity index (χ3n) is 19.7. The average Bonchev–Trinajstić information content (AvgIpc) is 1.60. The maximum atomic E-state index is 13.5. The zero-order valence-corrected chi connectivity index (χ0v) is 91.4. The molecule has 148 heavy (non-hydrogen) atoms. The Hall–Kier alpha value is -11.2. The van der Waals surface area contributed by atoms with E-state index in [9.17, 15) is 119 Å². The number of anilines is 3. The fraction of sp³-hybridized carbons (Fsp3) is 0.525. The molecule has 7 aromatic rings. The number of aldehydes is 1. The number of nitrogens with two attached hydrogens (primary N) is 3. The van der Waals surface area contributed by atoms with E-state index < -0.39 is 165 Å². The van der Waals surface area contributed by atoms with Crippen LogP contribution in [0.1, 0.15) is 285 Å². The third kappa shape index (κ3) is 43.8. The zero-order chi connectivity index (χ0) is 113. The summed E-state index contributed by atoms with van der Waals surface area (Å²) in [5.74, 6) is -9.79. The summed E-state index contributed by atoms with van der Waals surface area (Å²) >= 11 is 1.75. The van der Waals surface area contributed by atoms with Gasteiger partial charge < -0.3 is 80.3 Å². The Morgan fingerprint density at radius 2 is 1.05 bits per heavy atom. The standard InChI is InChI=1S/C28H47N4O16P3S.C17H19NO2.C12H12F4O2.C12H17NO2.C11H15NO2.C10H15NO4.C9H13NO4/c1-17-21-25(30-15-29-17)32(16-31-21)26-22(35)23(47-49(37,38)39)20(46-26)13-44-50(40,41)48-51(42,43)45-14-28(5,6)24(36)19(34)11-7-9-18(33)10-8-12-52-27(2,3)4;1-17(2,3)20-13-9-10-14(15(18)11-13)16(19)12-7-5-4-6-8-12;1-5-6(13)8(15)9(16)10(7(5)14)18-11(17)12(2,3)4;1-8(14)10-6-5-9(7-11(10)13)15-12(2,3)4;1-11(2,3)14-9-5-4-8(7-13)10(12)6-9;1-10(2,3)6-9(14)15-11-7(12)4-5-8(11)13;1-9(2,3)8(13)14-10-6(11)4-5-7(10)12/h15-16,20,22-24,26,35-36H,7-14H2,1-6H3,(H,40,41)(H,42,43)(H2,37,38,39);4-11H,18H2,1-3H3;1-4H3;5-7H,13H2,1-4H3;4-7H,12H2,1-3H3;4-6H2,1-3H3;4-5H2,1-3H3. The lowest BCUT2D eigenvalue weighted by Crippen LogP contribution is -2.39. The highest BCUT2D eigenvalue weighted by atomic mass is 32.2. The average molecular weight is 2170 g/mol. The SMILES string of the molecule is CC(=O)c1ccc(OC(C)(C)C)cc1N.CC(C)(C)C(=O)ON1C(=O)CCC1=O.CC(C)(C)CC(=O)ON1C(=O)CCC1=O.CC(C)(C)Oc1ccc(C(=O)c2ccccc2)c(N)c1.CC(C)(C)Oc1ccc(C=O)c(N)c1.Cc1c(F)c(F)c(F)c(OC(=O)C(C)(C)C)c1F.Cc1ncnc2c1ncn2C1OC(COP(=O)(O)OP(=O)(O)OCC(C)(C)C(O)C(=O)CCCC(=O)CCCSC(C)(C)C)C(OP(=O)(O)O)C1O. The van der Waals surface area contributed by atoms with Crippen LogP contribution in [0.25, 0.3) is 11.2 Å². The van der Waals surface area contributed by atoms with Crippen LogP contribution in [0.5, 0.6) is 23.0 Å². The number of aromatic nitrogens is 4. The fourth-order valence-corrected chi connectivity index (χ4v) is 16.2. The van der Waals surface area contributed by atoms with Gasteiger partial charge in [0.1, 0.15) is 76.1 Å². The van der Waals surface area contributed by atoms with Crippen molar-refractivity contribution >= 4 is 134 Å². The van der Waals surface area contributed by atoms with Crippen molar-refractivity contribution in [2.24, 2.45) is 21.7 Å². The molecule has 5 aromatic carbocycles. The van der Waals surface area contributed by atoms with Crippen molar-refractivity contribution in [1.29, 1.82) is 0 Å². The summed E-state index contributed by atoms with van der Waals surface area (Å²) in [6.45, 7) is 43.7. The number of esters is 1. The van der Waals surface area contributed by atoms with Crippen LogP contribution in [0.2, 0.25) is 0 Å². The van der Waals surface area contributed by atoms with E-state index in [0.29, 0.717) is 90.7 Å². The van der Waals surface area contributed by atoms with Crippen molar-refractivity contribution in [3.8, 4) is 23.0 Å². The van der Waals surface area contributed by atoms with E-state index in [1.54, 1.807) is 106 Å². The number of amides is 4. The molecule has 820 valence electrons. The van der Waals surface area contributed by atoms with Gasteiger partial charge >= 0.3 is 41.4 Å². The van der Waals surface area contributed by atoms with Crippen LogP contribution >= 0.6 is 35.2 Å². The molecule has 0 saturated carbocycles. The molecule has 7 unspecified atom stereocenters. The van der Waals surface area contributed by atoms with Gasteiger partial charge in [-0.05, 0) is 185 Å². The monoisotopic (exact) mass is 2170 g/mol. The molecule has 3 fully saturated rings. The van der Waals surface area contributed by atoms with Crippen molar-refractivity contribution in [2.75, 3.05) is 36.2 Å². The molecule has 49 heteroatoms. The highest BCUT2D eigenvalue weighted by Gasteiger charge is 2.51. The first kappa shape index (κ1) is 129. The number of thioether (sulfide) groups is 1. The molecular formula is C99H138F4N9O32P3S. The van der Waals surface area contributed by atoms with E-state index in [-0.39, 0.29) is 101 Å².